The highest BCUT2D eigenvalue weighted by molar-refractivity contribution is 8.32. The predicted octanol–water partition coefficient (Wildman–Crippen LogP) is 1.90. The van der Waals surface area contributed by atoms with Crippen LogP contribution in [0, 0.1) is 5.82 Å². The Morgan fingerprint density at radius 1 is 1.04 bits per heavy atom. The summed E-state index contributed by atoms with van der Waals surface area (Å²) in [5, 5.41) is 18.1. The van der Waals surface area contributed by atoms with Crippen molar-refractivity contribution in [2.45, 2.75) is 11.3 Å². The minimum Gasteiger partial charge on any atom is -0.395 e. The fourth-order valence-corrected chi connectivity index (χ4v) is 6.32. The standard InChI is InChI=1S/C12H16F4O5S2/c13-11-4-2-1-3-10(11)9-22(7-5-17,8-6-18)21-23(19,20)12(14,15)16/h1-4,17-18H,5-9H2. The third kappa shape index (κ3) is 5.31. The van der Waals surface area contributed by atoms with Gasteiger partial charge in [-0.15, -0.1) is 10.3 Å². The molecule has 134 valence electrons. The van der Waals surface area contributed by atoms with E-state index in [2.05, 4.69) is 3.63 Å². The van der Waals surface area contributed by atoms with Gasteiger partial charge in [-0.1, -0.05) is 18.2 Å². The molecule has 1 aromatic rings. The first-order valence-electron chi connectivity index (χ1n) is 6.31. The lowest BCUT2D eigenvalue weighted by Crippen LogP contribution is -2.31. The van der Waals surface area contributed by atoms with Crippen molar-refractivity contribution in [1.29, 1.82) is 0 Å². The molecular weight excluding hydrogens is 364 g/mol. The maximum absolute atomic E-state index is 13.7. The van der Waals surface area contributed by atoms with Crippen molar-refractivity contribution in [1.82, 2.24) is 0 Å². The summed E-state index contributed by atoms with van der Waals surface area (Å²) >= 11 is 0. The van der Waals surface area contributed by atoms with Crippen LogP contribution in [0.1, 0.15) is 5.56 Å². The van der Waals surface area contributed by atoms with E-state index in [4.69, 9.17) is 10.2 Å². The van der Waals surface area contributed by atoms with E-state index in [9.17, 15) is 26.0 Å². The first-order valence-corrected chi connectivity index (χ1v) is 9.78. The molecule has 0 atom stereocenters. The Morgan fingerprint density at radius 3 is 2.00 bits per heavy atom. The number of aliphatic hydroxyl groups is 2. The third-order valence-corrected chi connectivity index (χ3v) is 7.95. The molecule has 23 heavy (non-hydrogen) atoms. The zero-order valence-electron chi connectivity index (χ0n) is 11.8. The van der Waals surface area contributed by atoms with Crippen LogP contribution in [0.4, 0.5) is 17.6 Å². The Balaban J connectivity index is 3.24. The molecule has 0 heterocycles. The maximum atomic E-state index is 13.7. The summed E-state index contributed by atoms with van der Waals surface area (Å²) in [5.74, 6) is -2.11. The molecule has 2 N–H and O–H groups in total. The molecule has 0 aliphatic rings. The first-order chi connectivity index (χ1) is 10.6. The van der Waals surface area contributed by atoms with E-state index < -0.39 is 62.2 Å². The van der Waals surface area contributed by atoms with Crippen LogP contribution in [0.15, 0.2) is 24.3 Å². The van der Waals surface area contributed by atoms with Crippen LogP contribution in [-0.2, 0) is 19.5 Å². The lowest BCUT2D eigenvalue weighted by molar-refractivity contribution is -0.0496. The van der Waals surface area contributed by atoms with Crippen LogP contribution < -0.4 is 0 Å². The van der Waals surface area contributed by atoms with E-state index in [-0.39, 0.29) is 5.56 Å². The molecule has 0 fully saturated rings. The van der Waals surface area contributed by atoms with Gasteiger partial charge in [-0.3, -0.25) is 0 Å². The smallest absolute Gasteiger partial charge is 0.395 e. The minimum absolute atomic E-state index is 0.0539. The van der Waals surface area contributed by atoms with E-state index in [0.717, 1.165) is 6.07 Å². The Hall–Kier alpha value is -0.880. The summed E-state index contributed by atoms with van der Waals surface area (Å²) in [7, 11) is -9.10. The van der Waals surface area contributed by atoms with E-state index in [1.807, 2.05) is 0 Å². The number of hydrogen-bond donors (Lipinski definition) is 2. The molecule has 1 rings (SSSR count). The quantitative estimate of drug-likeness (QED) is 0.532. The lowest BCUT2D eigenvalue weighted by atomic mass is 10.2. The Labute approximate surface area is 132 Å². The second-order valence-corrected chi connectivity index (χ2v) is 9.48. The van der Waals surface area contributed by atoms with Gasteiger partial charge in [0.15, 0.2) is 0 Å². The number of aliphatic hydroxyl groups excluding tert-OH is 2. The highest BCUT2D eigenvalue weighted by Gasteiger charge is 2.50. The van der Waals surface area contributed by atoms with Crippen molar-refractivity contribution in [3.63, 3.8) is 0 Å². The molecule has 0 amide bonds. The van der Waals surface area contributed by atoms with Gasteiger partial charge in [0.25, 0.3) is 0 Å². The largest absolute Gasteiger partial charge is 0.523 e. The molecule has 0 aliphatic carbocycles. The summed E-state index contributed by atoms with van der Waals surface area (Å²) in [6.07, 6.45) is 0. The van der Waals surface area contributed by atoms with Crippen molar-refractivity contribution in [3.05, 3.63) is 35.6 Å². The molecule has 0 aliphatic heterocycles. The van der Waals surface area contributed by atoms with Crippen LogP contribution in [0.25, 0.3) is 0 Å². The van der Waals surface area contributed by atoms with Gasteiger partial charge in [0.2, 0.25) is 0 Å². The van der Waals surface area contributed by atoms with Crippen LogP contribution in [0.5, 0.6) is 0 Å². The van der Waals surface area contributed by atoms with Crippen molar-refractivity contribution in [3.8, 4) is 0 Å². The zero-order chi connectivity index (χ0) is 17.7. The number of halogens is 4. The molecule has 0 radical (unpaired) electrons. The van der Waals surface area contributed by atoms with Gasteiger partial charge in [-0.25, -0.2) is 8.02 Å². The number of alkyl halides is 3. The molecule has 0 saturated carbocycles. The fourth-order valence-electron chi connectivity index (χ4n) is 1.80. The Bertz CT molecular complexity index is 612. The fraction of sp³-hybridized carbons (Fsp3) is 0.500. The van der Waals surface area contributed by atoms with E-state index in [1.54, 1.807) is 0 Å². The molecule has 0 aromatic heterocycles. The van der Waals surface area contributed by atoms with Gasteiger partial charge in [0, 0.05) is 17.3 Å². The van der Waals surface area contributed by atoms with Crippen LogP contribution in [0.3, 0.4) is 0 Å². The molecule has 0 bridgehead atoms. The van der Waals surface area contributed by atoms with Gasteiger partial charge in [0.05, 0.1) is 13.2 Å². The predicted molar refractivity (Wildman–Crippen MR) is 77.7 cm³/mol. The summed E-state index contributed by atoms with van der Waals surface area (Å²) in [6.45, 7) is -1.34. The Kier molecular flexibility index (Phi) is 6.83. The topological polar surface area (TPSA) is 83.8 Å². The normalized spacial score (nSPS) is 14.0. The average molecular weight is 380 g/mol. The zero-order valence-corrected chi connectivity index (χ0v) is 13.4. The number of benzene rings is 1. The van der Waals surface area contributed by atoms with E-state index >= 15 is 0 Å². The minimum atomic E-state index is -5.94. The summed E-state index contributed by atoms with van der Waals surface area (Å²) in [5.41, 5.74) is -5.70. The van der Waals surface area contributed by atoms with Gasteiger partial charge < -0.3 is 10.2 Å². The molecule has 5 nitrogen and oxygen atoms in total. The second kappa shape index (κ2) is 7.79. The molecule has 0 spiro atoms. The SMILES string of the molecule is O=S(=O)(OS(CCO)(CCO)Cc1ccccc1F)C(F)(F)F. The van der Waals surface area contributed by atoms with Crippen molar-refractivity contribution in [2.75, 3.05) is 24.7 Å². The van der Waals surface area contributed by atoms with E-state index in [0.29, 0.717) is 0 Å². The van der Waals surface area contributed by atoms with Gasteiger partial charge in [0.1, 0.15) is 5.82 Å². The van der Waals surface area contributed by atoms with Crippen molar-refractivity contribution < 1.29 is 39.8 Å². The second-order valence-electron chi connectivity index (χ2n) is 4.53. The summed E-state index contributed by atoms with van der Waals surface area (Å²) in [6, 6.07) is 5.13. The molecule has 0 saturated heterocycles. The summed E-state index contributed by atoms with van der Waals surface area (Å²) < 4.78 is 78.4. The van der Waals surface area contributed by atoms with Crippen molar-refractivity contribution >= 4 is 20.4 Å². The highest BCUT2D eigenvalue weighted by atomic mass is 32.3. The van der Waals surface area contributed by atoms with E-state index in [1.165, 1.54) is 18.2 Å². The van der Waals surface area contributed by atoms with Crippen LogP contribution in [-0.4, -0.2) is 48.9 Å². The molecular formula is C12H16F4O5S2. The maximum Gasteiger partial charge on any atom is 0.523 e. The highest BCUT2D eigenvalue weighted by Crippen LogP contribution is 2.55. The molecule has 1 aromatic carbocycles. The first kappa shape index (κ1) is 20.2. The van der Waals surface area contributed by atoms with Crippen LogP contribution in [0.2, 0.25) is 0 Å². The molecule has 11 heteroatoms. The summed E-state index contributed by atoms with van der Waals surface area (Å²) in [4.78, 5) is 0. The van der Waals surface area contributed by atoms with Crippen molar-refractivity contribution in [2.24, 2.45) is 0 Å². The number of hydrogen-bond acceptors (Lipinski definition) is 5. The van der Waals surface area contributed by atoms with Gasteiger partial charge in [-0.05, 0) is 11.6 Å². The lowest BCUT2D eigenvalue weighted by Gasteiger charge is -2.37. The Morgan fingerprint density at radius 2 is 1.57 bits per heavy atom. The monoisotopic (exact) mass is 380 g/mol. The van der Waals surface area contributed by atoms with Crippen LogP contribution >= 0.6 is 10.3 Å². The third-order valence-electron chi connectivity index (χ3n) is 2.82. The average Bonchev–Trinajstić information content (AvgIpc) is 2.40. The number of rotatable bonds is 8. The van der Waals surface area contributed by atoms with Gasteiger partial charge >= 0.3 is 15.6 Å². The molecule has 0 unspecified atom stereocenters. The van der Waals surface area contributed by atoms with Gasteiger partial charge in [-0.2, -0.15) is 21.6 Å².